The largest absolute Gasteiger partial charge is 0.339 e. The molecule has 1 saturated heterocycles. The van der Waals surface area contributed by atoms with Crippen LogP contribution in [0.3, 0.4) is 0 Å². The quantitative estimate of drug-likeness (QED) is 0.895. The molecule has 8 heteroatoms. The summed E-state index contributed by atoms with van der Waals surface area (Å²) < 4.78 is 5.31. The maximum atomic E-state index is 11.8. The Morgan fingerprint density at radius 3 is 2.86 bits per heavy atom. The number of hydrogen-bond acceptors (Lipinski definition) is 7. The first kappa shape index (κ1) is 15.1. The van der Waals surface area contributed by atoms with E-state index in [9.17, 15) is 4.79 Å². The minimum absolute atomic E-state index is 0.0115. The Morgan fingerprint density at radius 1 is 1.45 bits per heavy atom. The third kappa shape index (κ3) is 3.34. The van der Waals surface area contributed by atoms with E-state index in [0.29, 0.717) is 31.3 Å². The fourth-order valence-corrected chi connectivity index (χ4v) is 3.08. The van der Waals surface area contributed by atoms with E-state index in [1.54, 1.807) is 18.3 Å². The van der Waals surface area contributed by atoms with Gasteiger partial charge in [0.25, 0.3) is 0 Å². The lowest BCUT2D eigenvalue weighted by molar-refractivity contribution is -0.134. The summed E-state index contributed by atoms with van der Waals surface area (Å²) in [4.78, 5) is 21.3. The van der Waals surface area contributed by atoms with Crippen molar-refractivity contribution in [2.45, 2.75) is 19.5 Å². The van der Waals surface area contributed by atoms with Crippen LogP contribution in [0.4, 0.5) is 0 Å². The molecule has 1 atom stereocenters. The molecule has 22 heavy (non-hydrogen) atoms. The Kier molecular flexibility index (Phi) is 4.51. The molecule has 0 unspecified atom stereocenters. The fraction of sp³-hybridized carbons (Fsp3) is 0.500. The van der Waals surface area contributed by atoms with Crippen molar-refractivity contribution in [1.29, 1.82) is 0 Å². The number of nitrogens with zero attached hydrogens (tertiary/aromatic N) is 4. The number of rotatable bonds is 4. The van der Waals surface area contributed by atoms with Crippen molar-refractivity contribution in [2.24, 2.45) is 5.73 Å². The van der Waals surface area contributed by atoms with Crippen molar-refractivity contribution in [3.63, 3.8) is 0 Å². The highest BCUT2D eigenvalue weighted by molar-refractivity contribution is 7.13. The topological polar surface area (TPSA) is 88.5 Å². The van der Waals surface area contributed by atoms with Gasteiger partial charge in [-0.25, -0.2) is 0 Å². The van der Waals surface area contributed by atoms with E-state index < -0.39 is 6.04 Å². The zero-order chi connectivity index (χ0) is 15.5. The molecule has 0 saturated carbocycles. The molecule has 1 aliphatic heterocycles. The Balaban J connectivity index is 1.54. The highest BCUT2D eigenvalue weighted by Gasteiger charge is 2.24. The second kappa shape index (κ2) is 6.55. The predicted molar refractivity (Wildman–Crippen MR) is 83.1 cm³/mol. The molecular formula is C14H19N5O2S. The molecule has 1 fully saturated rings. The highest BCUT2D eigenvalue weighted by atomic mass is 32.1. The molecule has 1 aliphatic rings. The molecule has 3 heterocycles. The van der Waals surface area contributed by atoms with Crippen LogP contribution in [0.15, 0.2) is 22.0 Å². The zero-order valence-corrected chi connectivity index (χ0v) is 13.3. The molecule has 2 aromatic rings. The first-order valence-electron chi connectivity index (χ1n) is 7.26. The summed E-state index contributed by atoms with van der Waals surface area (Å²) in [7, 11) is 0. The number of aromatic nitrogens is 2. The molecule has 0 bridgehead atoms. The van der Waals surface area contributed by atoms with Crippen molar-refractivity contribution < 1.29 is 9.32 Å². The Bertz CT molecular complexity index is 617. The average molecular weight is 321 g/mol. The number of carbonyl (C=O) groups excluding carboxylic acids is 1. The van der Waals surface area contributed by atoms with Crippen molar-refractivity contribution in [2.75, 3.05) is 26.2 Å². The molecule has 2 aromatic heterocycles. The van der Waals surface area contributed by atoms with Crippen LogP contribution < -0.4 is 5.73 Å². The normalized spacial score (nSPS) is 17.6. The van der Waals surface area contributed by atoms with Crippen molar-refractivity contribution >= 4 is 17.2 Å². The summed E-state index contributed by atoms with van der Waals surface area (Å²) >= 11 is 1.59. The predicted octanol–water partition coefficient (Wildman–Crippen LogP) is 0.789. The molecule has 1 amide bonds. The second-order valence-corrected chi connectivity index (χ2v) is 6.33. The average Bonchev–Trinajstić information content (AvgIpc) is 3.18. The first-order chi connectivity index (χ1) is 10.6. The van der Waals surface area contributed by atoms with E-state index in [-0.39, 0.29) is 5.91 Å². The molecule has 3 rings (SSSR count). The molecule has 0 aromatic carbocycles. The van der Waals surface area contributed by atoms with Crippen LogP contribution in [0, 0.1) is 0 Å². The van der Waals surface area contributed by atoms with Crippen LogP contribution in [-0.4, -0.2) is 58.1 Å². The van der Waals surface area contributed by atoms with E-state index in [0.717, 1.165) is 18.0 Å². The SMILES string of the molecule is C[C@@H](N)C(=O)N1CCN(Cc2nc(-c3cccs3)no2)CC1. The van der Waals surface area contributed by atoms with E-state index >= 15 is 0 Å². The van der Waals surface area contributed by atoms with E-state index in [1.807, 2.05) is 22.4 Å². The third-order valence-corrected chi connectivity index (χ3v) is 4.51. The summed E-state index contributed by atoms with van der Waals surface area (Å²) in [6.45, 7) is 5.28. The molecule has 0 spiro atoms. The van der Waals surface area contributed by atoms with Gasteiger partial charge in [0.05, 0.1) is 17.5 Å². The Hall–Kier alpha value is -1.77. The van der Waals surface area contributed by atoms with E-state index in [4.69, 9.17) is 10.3 Å². The van der Waals surface area contributed by atoms with Gasteiger partial charge in [0.2, 0.25) is 17.6 Å². The molecule has 0 aliphatic carbocycles. The van der Waals surface area contributed by atoms with Crippen LogP contribution >= 0.6 is 11.3 Å². The van der Waals surface area contributed by atoms with Gasteiger partial charge in [-0.1, -0.05) is 11.2 Å². The summed E-state index contributed by atoms with van der Waals surface area (Å²) in [5.41, 5.74) is 5.64. The van der Waals surface area contributed by atoms with Crippen LogP contribution in [0.5, 0.6) is 0 Å². The Morgan fingerprint density at radius 2 is 2.23 bits per heavy atom. The summed E-state index contributed by atoms with van der Waals surface area (Å²) in [6.07, 6.45) is 0. The van der Waals surface area contributed by atoms with Gasteiger partial charge in [0, 0.05) is 26.2 Å². The van der Waals surface area contributed by atoms with Crippen molar-refractivity contribution in [3.05, 3.63) is 23.4 Å². The van der Waals surface area contributed by atoms with Gasteiger partial charge in [-0.05, 0) is 18.4 Å². The molecule has 7 nitrogen and oxygen atoms in total. The standard InChI is InChI=1S/C14H19N5O2S/c1-10(15)14(20)19-6-4-18(5-7-19)9-12-16-13(17-21-12)11-3-2-8-22-11/h2-3,8,10H,4-7,9,15H2,1H3/t10-/m1/s1. The van der Waals surface area contributed by atoms with E-state index in [1.165, 1.54) is 0 Å². The number of thiophene rings is 1. The smallest absolute Gasteiger partial charge is 0.241 e. The van der Waals surface area contributed by atoms with E-state index in [2.05, 4.69) is 15.0 Å². The van der Waals surface area contributed by atoms with Gasteiger partial charge in [-0.3, -0.25) is 9.69 Å². The molecular weight excluding hydrogens is 302 g/mol. The first-order valence-corrected chi connectivity index (χ1v) is 8.14. The summed E-state index contributed by atoms with van der Waals surface area (Å²) in [6, 6.07) is 3.50. The monoisotopic (exact) mass is 321 g/mol. The van der Waals surface area contributed by atoms with Gasteiger partial charge < -0.3 is 15.2 Å². The number of piperazine rings is 1. The lowest BCUT2D eigenvalue weighted by Crippen LogP contribution is -2.52. The van der Waals surface area contributed by atoms with Crippen molar-refractivity contribution in [1.82, 2.24) is 19.9 Å². The second-order valence-electron chi connectivity index (χ2n) is 5.38. The number of hydrogen-bond donors (Lipinski definition) is 1. The minimum Gasteiger partial charge on any atom is -0.339 e. The van der Waals surface area contributed by atoms with Gasteiger partial charge >= 0.3 is 0 Å². The van der Waals surface area contributed by atoms with Gasteiger partial charge in [0.1, 0.15) is 0 Å². The molecule has 0 radical (unpaired) electrons. The maximum Gasteiger partial charge on any atom is 0.241 e. The Labute approximate surface area is 132 Å². The van der Waals surface area contributed by atoms with Gasteiger partial charge in [-0.15, -0.1) is 11.3 Å². The minimum atomic E-state index is -0.434. The number of carbonyl (C=O) groups is 1. The lowest BCUT2D eigenvalue weighted by atomic mass is 10.2. The van der Waals surface area contributed by atoms with Crippen molar-refractivity contribution in [3.8, 4) is 10.7 Å². The maximum absolute atomic E-state index is 11.8. The fourth-order valence-electron chi connectivity index (χ4n) is 2.43. The number of nitrogens with two attached hydrogens (primary N) is 1. The highest BCUT2D eigenvalue weighted by Crippen LogP contribution is 2.21. The molecule has 2 N–H and O–H groups in total. The lowest BCUT2D eigenvalue weighted by Gasteiger charge is -2.34. The summed E-state index contributed by atoms with van der Waals surface area (Å²) in [5, 5.41) is 5.99. The third-order valence-electron chi connectivity index (χ3n) is 3.64. The zero-order valence-electron chi connectivity index (χ0n) is 12.4. The van der Waals surface area contributed by atoms with Crippen LogP contribution in [0.2, 0.25) is 0 Å². The van der Waals surface area contributed by atoms with Crippen LogP contribution in [0.1, 0.15) is 12.8 Å². The summed E-state index contributed by atoms with van der Waals surface area (Å²) in [5.74, 6) is 1.25. The number of amides is 1. The van der Waals surface area contributed by atoms with Gasteiger partial charge in [-0.2, -0.15) is 4.98 Å². The molecule has 118 valence electrons. The van der Waals surface area contributed by atoms with Crippen LogP contribution in [-0.2, 0) is 11.3 Å². The van der Waals surface area contributed by atoms with Crippen LogP contribution in [0.25, 0.3) is 10.7 Å². The van der Waals surface area contributed by atoms with Gasteiger partial charge in [0.15, 0.2) is 0 Å².